The molecule has 1 atom stereocenters. The summed E-state index contributed by atoms with van der Waals surface area (Å²) in [4.78, 5) is 4.44. The van der Waals surface area contributed by atoms with Crippen LogP contribution in [0.2, 0.25) is 0 Å². The number of hydrogen-bond donors (Lipinski definition) is 1. The van der Waals surface area contributed by atoms with Crippen LogP contribution in [0.5, 0.6) is 5.75 Å². The second-order valence-electron chi connectivity index (χ2n) is 4.45. The summed E-state index contributed by atoms with van der Waals surface area (Å²) in [7, 11) is 1.72. The SMILES string of the molecule is COc1cnc2ccccc2c1C1CCNC1. The van der Waals surface area contributed by atoms with Crippen molar-refractivity contribution in [1.29, 1.82) is 0 Å². The van der Waals surface area contributed by atoms with Gasteiger partial charge in [-0.2, -0.15) is 0 Å². The molecule has 1 aliphatic heterocycles. The molecule has 0 bridgehead atoms. The zero-order valence-electron chi connectivity index (χ0n) is 9.94. The van der Waals surface area contributed by atoms with Gasteiger partial charge in [-0.1, -0.05) is 18.2 Å². The van der Waals surface area contributed by atoms with Crippen molar-refractivity contribution in [3.8, 4) is 5.75 Å². The molecular formula is C14H16N2O. The zero-order chi connectivity index (χ0) is 11.7. The molecule has 0 spiro atoms. The summed E-state index contributed by atoms with van der Waals surface area (Å²) in [5.74, 6) is 1.45. The molecule has 1 saturated heterocycles. The highest BCUT2D eigenvalue weighted by molar-refractivity contribution is 5.84. The van der Waals surface area contributed by atoms with E-state index in [0.717, 1.165) is 24.4 Å². The van der Waals surface area contributed by atoms with Gasteiger partial charge in [0.2, 0.25) is 0 Å². The first-order chi connectivity index (χ1) is 8.40. The monoisotopic (exact) mass is 228 g/mol. The summed E-state index contributed by atoms with van der Waals surface area (Å²) < 4.78 is 5.48. The average Bonchev–Trinajstić information content (AvgIpc) is 2.91. The third kappa shape index (κ3) is 1.76. The molecule has 1 aromatic heterocycles. The molecule has 0 radical (unpaired) electrons. The summed E-state index contributed by atoms with van der Waals surface area (Å²) in [6.45, 7) is 2.12. The van der Waals surface area contributed by atoms with E-state index in [1.54, 1.807) is 7.11 Å². The van der Waals surface area contributed by atoms with Crippen LogP contribution in [-0.2, 0) is 0 Å². The molecule has 0 aliphatic carbocycles. The first kappa shape index (κ1) is 10.5. The first-order valence-corrected chi connectivity index (χ1v) is 6.02. The van der Waals surface area contributed by atoms with Gasteiger partial charge in [-0.3, -0.25) is 4.98 Å². The maximum Gasteiger partial charge on any atom is 0.141 e. The fourth-order valence-corrected chi connectivity index (χ4v) is 2.63. The van der Waals surface area contributed by atoms with Gasteiger partial charge in [-0.05, 0) is 19.0 Å². The lowest BCUT2D eigenvalue weighted by Crippen LogP contribution is -2.09. The highest BCUT2D eigenvalue weighted by atomic mass is 16.5. The van der Waals surface area contributed by atoms with E-state index in [1.807, 2.05) is 12.3 Å². The summed E-state index contributed by atoms with van der Waals surface area (Å²) in [6.07, 6.45) is 3.01. The van der Waals surface area contributed by atoms with Gasteiger partial charge in [0, 0.05) is 23.4 Å². The molecule has 2 heterocycles. The summed E-state index contributed by atoms with van der Waals surface area (Å²) in [5.41, 5.74) is 2.36. The highest BCUT2D eigenvalue weighted by Crippen LogP contribution is 2.35. The molecule has 1 unspecified atom stereocenters. The second kappa shape index (κ2) is 4.34. The Morgan fingerprint density at radius 2 is 2.24 bits per heavy atom. The molecule has 0 amide bonds. The molecule has 88 valence electrons. The van der Waals surface area contributed by atoms with Gasteiger partial charge in [0.25, 0.3) is 0 Å². The van der Waals surface area contributed by atoms with Crippen LogP contribution in [0.25, 0.3) is 10.9 Å². The van der Waals surface area contributed by atoms with E-state index < -0.39 is 0 Å². The van der Waals surface area contributed by atoms with Gasteiger partial charge >= 0.3 is 0 Å². The normalized spacial score (nSPS) is 19.7. The number of pyridine rings is 1. The predicted molar refractivity (Wildman–Crippen MR) is 68.5 cm³/mol. The fraction of sp³-hybridized carbons (Fsp3) is 0.357. The van der Waals surface area contributed by atoms with Crippen LogP contribution in [0.15, 0.2) is 30.5 Å². The van der Waals surface area contributed by atoms with Gasteiger partial charge in [-0.25, -0.2) is 0 Å². The number of methoxy groups -OCH3 is 1. The summed E-state index contributed by atoms with van der Waals surface area (Å²) >= 11 is 0. The summed E-state index contributed by atoms with van der Waals surface area (Å²) in [6, 6.07) is 8.28. The number of ether oxygens (including phenoxy) is 1. The van der Waals surface area contributed by atoms with Gasteiger partial charge in [-0.15, -0.1) is 0 Å². The van der Waals surface area contributed by atoms with Gasteiger partial charge in [0.1, 0.15) is 5.75 Å². The van der Waals surface area contributed by atoms with Crippen LogP contribution in [0.1, 0.15) is 17.9 Å². The minimum Gasteiger partial charge on any atom is -0.495 e. The fourth-order valence-electron chi connectivity index (χ4n) is 2.63. The number of nitrogens with zero attached hydrogens (tertiary/aromatic N) is 1. The van der Waals surface area contributed by atoms with Crippen LogP contribution >= 0.6 is 0 Å². The smallest absolute Gasteiger partial charge is 0.141 e. The number of rotatable bonds is 2. The Morgan fingerprint density at radius 3 is 3.00 bits per heavy atom. The van der Waals surface area contributed by atoms with Crippen molar-refractivity contribution in [1.82, 2.24) is 10.3 Å². The molecule has 3 nitrogen and oxygen atoms in total. The minimum atomic E-state index is 0.540. The highest BCUT2D eigenvalue weighted by Gasteiger charge is 2.22. The van der Waals surface area contributed by atoms with E-state index >= 15 is 0 Å². The minimum absolute atomic E-state index is 0.540. The molecule has 0 saturated carbocycles. The number of nitrogens with one attached hydrogen (secondary N) is 1. The van der Waals surface area contributed by atoms with E-state index in [9.17, 15) is 0 Å². The predicted octanol–water partition coefficient (Wildman–Crippen LogP) is 2.32. The Balaban J connectivity index is 2.23. The van der Waals surface area contributed by atoms with Gasteiger partial charge in [0.05, 0.1) is 18.8 Å². The van der Waals surface area contributed by atoms with Crippen molar-refractivity contribution in [3.05, 3.63) is 36.0 Å². The van der Waals surface area contributed by atoms with E-state index in [0.29, 0.717) is 5.92 Å². The molecule has 17 heavy (non-hydrogen) atoms. The van der Waals surface area contributed by atoms with Crippen molar-refractivity contribution < 1.29 is 4.74 Å². The third-order valence-corrected chi connectivity index (χ3v) is 3.47. The molecule has 1 fully saturated rings. The molecule has 1 N–H and O–H groups in total. The molecule has 3 rings (SSSR count). The Kier molecular flexibility index (Phi) is 2.69. The van der Waals surface area contributed by atoms with Gasteiger partial charge in [0.15, 0.2) is 0 Å². The van der Waals surface area contributed by atoms with Crippen LogP contribution in [-0.4, -0.2) is 25.2 Å². The van der Waals surface area contributed by atoms with Crippen LogP contribution in [0.3, 0.4) is 0 Å². The lowest BCUT2D eigenvalue weighted by atomic mass is 9.94. The van der Waals surface area contributed by atoms with E-state index in [1.165, 1.54) is 17.4 Å². The Bertz CT molecular complexity index is 533. The number of benzene rings is 1. The lowest BCUT2D eigenvalue weighted by molar-refractivity contribution is 0.405. The maximum absolute atomic E-state index is 5.48. The van der Waals surface area contributed by atoms with Crippen molar-refractivity contribution >= 4 is 10.9 Å². The standard InChI is InChI=1S/C14H16N2O/c1-17-13-9-16-12-5-3-2-4-11(12)14(13)10-6-7-15-8-10/h2-5,9-10,15H,6-8H2,1H3. The second-order valence-corrected chi connectivity index (χ2v) is 4.45. The Morgan fingerprint density at radius 1 is 1.35 bits per heavy atom. The lowest BCUT2D eigenvalue weighted by Gasteiger charge is -2.16. The quantitative estimate of drug-likeness (QED) is 0.856. The molecule has 3 heteroatoms. The summed E-state index contributed by atoms with van der Waals surface area (Å²) in [5, 5.41) is 4.63. The van der Waals surface area contributed by atoms with Crippen molar-refractivity contribution in [2.75, 3.05) is 20.2 Å². The Hall–Kier alpha value is -1.61. The van der Waals surface area contributed by atoms with Crippen LogP contribution in [0, 0.1) is 0 Å². The van der Waals surface area contributed by atoms with Crippen molar-refractivity contribution in [3.63, 3.8) is 0 Å². The topological polar surface area (TPSA) is 34.1 Å². The molecule has 1 aromatic carbocycles. The average molecular weight is 228 g/mol. The Labute approximate surface area is 101 Å². The third-order valence-electron chi connectivity index (χ3n) is 3.47. The van der Waals surface area contributed by atoms with Crippen LogP contribution in [0.4, 0.5) is 0 Å². The zero-order valence-corrected chi connectivity index (χ0v) is 9.94. The van der Waals surface area contributed by atoms with Gasteiger partial charge < -0.3 is 10.1 Å². The van der Waals surface area contributed by atoms with Crippen molar-refractivity contribution in [2.45, 2.75) is 12.3 Å². The molecule has 2 aromatic rings. The van der Waals surface area contributed by atoms with E-state index in [-0.39, 0.29) is 0 Å². The number of aromatic nitrogens is 1. The van der Waals surface area contributed by atoms with Crippen LogP contribution < -0.4 is 10.1 Å². The first-order valence-electron chi connectivity index (χ1n) is 6.02. The largest absolute Gasteiger partial charge is 0.495 e. The van der Waals surface area contributed by atoms with E-state index in [2.05, 4.69) is 28.5 Å². The number of hydrogen-bond acceptors (Lipinski definition) is 3. The molecule has 1 aliphatic rings. The van der Waals surface area contributed by atoms with Crippen molar-refractivity contribution in [2.24, 2.45) is 0 Å². The number of fused-ring (bicyclic) bond motifs is 1. The maximum atomic E-state index is 5.48. The van der Waals surface area contributed by atoms with E-state index in [4.69, 9.17) is 4.74 Å². The number of para-hydroxylation sites is 1. The molecular weight excluding hydrogens is 212 g/mol.